The zero-order valence-corrected chi connectivity index (χ0v) is 38.2. The SMILES string of the molecule is CCCCc1ccc(-c2cc(-c3ccc(CCCC)cc3)nc(-c3ccc(-c4[c-]cccc4)nc3)n2)cc1.[Ir+3].[c-]1ccccc1-c1ccccn1.[c-]1ccccc1-c1ccccn1. The summed E-state index contributed by atoms with van der Waals surface area (Å²) in [4.78, 5) is 23.1. The van der Waals surface area contributed by atoms with Crippen molar-refractivity contribution >= 4 is 0 Å². The Hall–Kier alpha value is -6.72. The number of benzene rings is 5. The molecule has 0 saturated heterocycles. The summed E-state index contributed by atoms with van der Waals surface area (Å²) in [6, 6.07) is 68.6. The minimum atomic E-state index is 0. The molecular weight excluding hydrogens is 947 g/mol. The molecule has 0 unspecified atom stereocenters. The van der Waals surface area contributed by atoms with Gasteiger partial charge in [-0.05, 0) is 72.1 Å². The van der Waals surface area contributed by atoms with Crippen LogP contribution in [0.1, 0.15) is 50.7 Å². The summed E-state index contributed by atoms with van der Waals surface area (Å²) in [7, 11) is 0. The van der Waals surface area contributed by atoms with Crippen molar-refractivity contribution in [3.63, 3.8) is 0 Å². The first-order chi connectivity index (χ1) is 30.7. The van der Waals surface area contributed by atoms with E-state index in [2.05, 4.69) is 96.6 Å². The van der Waals surface area contributed by atoms with E-state index in [0.717, 1.165) is 74.7 Å². The number of aryl methyl sites for hydroxylation is 2. The van der Waals surface area contributed by atoms with Gasteiger partial charge in [0, 0.05) is 35.3 Å². The normalized spacial score (nSPS) is 10.3. The molecule has 0 aliphatic carbocycles. The summed E-state index contributed by atoms with van der Waals surface area (Å²) in [5.41, 5.74) is 13.5. The Bertz CT molecular complexity index is 2420. The van der Waals surface area contributed by atoms with Crippen molar-refractivity contribution in [3.05, 3.63) is 224 Å². The van der Waals surface area contributed by atoms with E-state index >= 15 is 0 Å². The second-order valence-electron chi connectivity index (χ2n) is 14.8. The van der Waals surface area contributed by atoms with Crippen LogP contribution in [0.5, 0.6) is 0 Å². The first-order valence-corrected chi connectivity index (χ1v) is 21.4. The van der Waals surface area contributed by atoms with Crippen LogP contribution in [0.3, 0.4) is 0 Å². The van der Waals surface area contributed by atoms with Crippen LogP contribution in [0.2, 0.25) is 0 Å². The molecule has 0 aliphatic rings. The number of aromatic nitrogens is 5. The van der Waals surface area contributed by atoms with Gasteiger partial charge in [0.25, 0.3) is 0 Å². The topological polar surface area (TPSA) is 64.5 Å². The van der Waals surface area contributed by atoms with Crippen LogP contribution in [0.4, 0.5) is 0 Å². The molecule has 5 nitrogen and oxygen atoms in total. The monoisotopic (exact) mass is 997 g/mol. The summed E-state index contributed by atoms with van der Waals surface area (Å²) in [5.74, 6) is 0.679. The fraction of sp³-hybridized carbons (Fsp3) is 0.140. The number of pyridine rings is 3. The van der Waals surface area contributed by atoms with E-state index in [9.17, 15) is 0 Å². The van der Waals surface area contributed by atoms with Crippen LogP contribution in [-0.4, -0.2) is 24.9 Å². The van der Waals surface area contributed by atoms with Gasteiger partial charge >= 0.3 is 20.1 Å². The Labute approximate surface area is 386 Å². The number of unbranched alkanes of at least 4 members (excludes halogenated alkanes) is 2. The molecule has 5 aromatic carbocycles. The maximum Gasteiger partial charge on any atom is 3.00 e. The number of hydrogen-bond acceptors (Lipinski definition) is 5. The summed E-state index contributed by atoms with van der Waals surface area (Å²) < 4.78 is 0. The zero-order chi connectivity index (χ0) is 42.6. The minimum Gasteiger partial charge on any atom is -0.305 e. The average Bonchev–Trinajstić information content (AvgIpc) is 3.37. The molecule has 63 heavy (non-hydrogen) atoms. The van der Waals surface area contributed by atoms with Gasteiger partial charge in [-0.1, -0.05) is 112 Å². The van der Waals surface area contributed by atoms with Crippen LogP contribution < -0.4 is 0 Å². The molecule has 312 valence electrons. The van der Waals surface area contributed by atoms with Crippen molar-refractivity contribution < 1.29 is 20.1 Å². The molecule has 0 fully saturated rings. The molecule has 0 saturated carbocycles. The van der Waals surface area contributed by atoms with Gasteiger partial charge in [-0.3, -0.25) is 0 Å². The summed E-state index contributed by atoms with van der Waals surface area (Å²) in [6.07, 6.45) is 12.5. The van der Waals surface area contributed by atoms with Crippen molar-refractivity contribution in [1.82, 2.24) is 24.9 Å². The van der Waals surface area contributed by atoms with Gasteiger partial charge in [-0.25, -0.2) is 9.97 Å². The molecule has 4 aromatic heterocycles. The summed E-state index contributed by atoms with van der Waals surface area (Å²) >= 11 is 0. The first-order valence-electron chi connectivity index (χ1n) is 21.4. The Morgan fingerprint density at radius 2 is 0.810 bits per heavy atom. The van der Waals surface area contributed by atoms with Gasteiger partial charge < -0.3 is 15.0 Å². The van der Waals surface area contributed by atoms with Gasteiger partial charge in [0.2, 0.25) is 0 Å². The Balaban J connectivity index is 0.000000213. The molecule has 0 bridgehead atoms. The van der Waals surface area contributed by atoms with Crippen molar-refractivity contribution in [2.24, 2.45) is 0 Å². The average molecular weight is 997 g/mol. The largest absolute Gasteiger partial charge is 3.00 e. The molecule has 6 heteroatoms. The molecule has 0 spiro atoms. The molecule has 4 heterocycles. The molecule has 0 amide bonds. The van der Waals surface area contributed by atoms with Gasteiger partial charge in [-0.2, -0.15) is 0 Å². The Morgan fingerprint density at radius 1 is 0.397 bits per heavy atom. The van der Waals surface area contributed by atoms with E-state index in [1.807, 2.05) is 128 Å². The second kappa shape index (κ2) is 24.7. The van der Waals surface area contributed by atoms with Crippen molar-refractivity contribution in [2.75, 3.05) is 0 Å². The smallest absolute Gasteiger partial charge is 0.305 e. The molecule has 0 atom stereocenters. The molecule has 9 rings (SSSR count). The molecule has 9 aromatic rings. The number of nitrogens with zero attached hydrogens (tertiary/aromatic N) is 5. The van der Waals surface area contributed by atoms with Gasteiger partial charge in [0.1, 0.15) is 0 Å². The predicted molar refractivity (Wildman–Crippen MR) is 255 cm³/mol. The summed E-state index contributed by atoms with van der Waals surface area (Å²) in [5, 5.41) is 0. The van der Waals surface area contributed by atoms with Crippen LogP contribution in [-0.2, 0) is 32.9 Å². The van der Waals surface area contributed by atoms with Gasteiger partial charge in [0.05, 0.1) is 11.4 Å². The fourth-order valence-electron chi connectivity index (χ4n) is 6.71. The zero-order valence-electron chi connectivity index (χ0n) is 35.8. The van der Waals surface area contributed by atoms with Crippen LogP contribution in [0.15, 0.2) is 195 Å². The minimum absolute atomic E-state index is 0. The third-order valence-corrected chi connectivity index (χ3v) is 10.2. The Morgan fingerprint density at radius 3 is 1.16 bits per heavy atom. The van der Waals surface area contributed by atoms with Crippen molar-refractivity contribution in [2.45, 2.75) is 52.4 Å². The quantitative estimate of drug-likeness (QED) is 0.114. The van der Waals surface area contributed by atoms with Gasteiger partial charge in [-0.15, -0.1) is 108 Å². The maximum absolute atomic E-state index is 4.99. The third kappa shape index (κ3) is 13.6. The molecule has 0 aliphatic heterocycles. The van der Waals surface area contributed by atoms with E-state index in [4.69, 9.17) is 15.0 Å². The van der Waals surface area contributed by atoms with Crippen LogP contribution in [0.25, 0.3) is 67.7 Å². The van der Waals surface area contributed by atoms with E-state index in [1.165, 1.54) is 36.8 Å². The van der Waals surface area contributed by atoms with Gasteiger partial charge in [0.15, 0.2) is 5.82 Å². The maximum atomic E-state index is 4.99. The molecular formula is C57H50IrN5. The van der Waals surface area contributed by atoms with E-state index in [1.54, 1.807) is 12.4 Å². The van der Waals surface area contributed by atoms with E-state index in [0.29, 0.717) is 5.82 Å². The number of rotatable bonds is 12. The molecule has 0 N–H and O–H groups in total. The van der Waals surface area contributed by atoms with Crippen LogP contribution >= 0.6 is 0 Å². The molecule has 0 radical (unpaired) electrons. The summed E-state index contributed by atoms with van der Waals surface area (Å²) in [6.45, 7) is 4.46. The van der Waals surface area contributed by atoms with E-state index in [-0.39, 0.29) is 20.1 Å². The van der Waals surface area contributed by atoms with Crippen LogP contribution in [0, 0.1) is 18.2 Å². The van der Waals surface area contributed by atoms with E-state index < -0.39 is 0 Å². The Kier molecular flexibility index (Phi) is 17.9. The predicted octanol–water partition coefficient (Wildman–Crippen LogP) is 14.1. The first kappa shape index (κ1) is 45.8. The third-order valence-electron chi connectivity index (χ3n) is 10.2. The number of hydrogen-bond donors (Lipinski definition) is 0. The fourth-order valence-corrected chi connectivity index (χ4v) is 6.71. The van der Waals surface area contributed by atoms with Crippen molar-refractivity contribution in [1.29, 1.82) is 0 Å². The second-order valence-corrected chi connectivity index (χ2v) is 14.8. The van der Waals surface area contributed by atoms with Crippen molar-refractivity contribution in [3.8, 4) is 67.7 Å². The standard InChI is InChI=1S/C35H34N3.2C11H8N.Ir/c1-3-5-10-26-14-18-29(19-15-26)33-24-34(30-20-16-27(17-21-30)11-6-4-2)38-35(37-33)31-22-23-32(36-25-31)28-12-8-7-9-13-28;2*1-2-6-10(7-3-1)11-8-4-5-9-12-11;/h7-9,12,14-25H,3-6,10-11H2,1-2H3;2*1-6,8-9H;/q3*-1;+3.